The Hall–Kier alpha value is -3.49. The number of nitrogens with zero attached hydrogens (tertiary/aromatic N) is 1. The fraction of sp³-hybridized carbons (Fsp3) is 0.316. The molecule has 9 nitrogen and oxygen atoms in total. The fourth-order valence-electron chi connectivity index (χ4n) is 3.27. The van der Waals surface area contributed by atoms with Crippen molar-refractivity contribution < 1.29 is 28.3 Å². The molecule has 2 aromatic rings. The number of furan rings is 1. The summed E-state index contributed by atoms with van der Waals surface area (Å²) in [6.07, 6.45) is 1.76. The SMILES string of the molecule is CC1(Cc2ccc3c(c2)OCO3)NC(=O)N(CC(=O)NCc2ccco2)C1=O. The predicted octanol–water partition coefficient (Wildman–Crippen LogP) is 1.18. The first kappa shape index (κ1) is 17.9. The Kier molecular flexibility index (Phi) is 4.42. The minimum absolute atomic E-state index is 0.159. The van der Waals surface area contributed by atoms with Crippen LogP contribution in [0.2, 0.25) is 0 Å². The maximum atomic E-state index is 12.8. The van der Waals surface area contributed by atoms with Crippen molar-refractivity contribution in [2.75, 3.05) is 13.3 Å². The van der Waals surface area contributed by atoms with E-state index in [4.69, 9.17) is 13.9 Å². The number of fused-ring (bicyclic) bond motifs is 1. The summed E-state index contributed by atoms with van der Waals surface area (Å²) in [7, 11) is 0. The number of carbonyl (C=O) groups excluding carboxylic acids is 3. The maximum Gasteiger partial charge on any atom is 0.325 e. The molecule has 1 saturated heterocycles. The third kappa shape index (κ3) is 3.38. The zero-order valence-electron chi connectivity index (χ0n) is 15.2. The molecule has 0 saturated carbocycles. The normalized spacial score (nSPS) is 20.4. The Balaban J connectivity index is 1.40. The molecule has 9 heteroatoms. The number of hydrogen-bond donors (Lipinski definition) is 2. The third-order valence-corrected chi connectivity index (χ3v) is 4.68. The van der Waals surface area contributed by atoms with Gasteiger partial charge in [0.2, 0.25) is 12.7 Å². The van der Waals surface area contributed by atoms with Gasteiger partial charge in [0, 0.05) is 6.42 Å². The van der Waals surface area contributed by atoms with Crippen LogP contribution in [-0.2, 0) is 22.6 Å². The molecule has 0 radical (unpaired) electrons. The average Bonchev–Trinajstić information content (AvgIpc) is 3.38. The van der Waals surface area contributed by atoms with Crippen molar-refractivity contribution in [1.82, 2.24) is 15.5 Å². The number of rotatable bonds is 6. The van der Waals surface area contributed by atoms with Gasteiger partial charge < -0.3 is 24.5 Å². The molecule has 1 unspecified atom stereocenters. The van der Waals surface area contributed by atoms with E-state index < -0.39 is 23.4 Å². The van der Waals surface area contributed by atoms with Crippen LogP contribution in [0.4, 0.5) is 4.79 Å². The first-order valence-electron chi connectivity index (χ1n) is 8.76. The minimum atomic E-state index is -1.15. The minimum Gasteiger partial charge on any atom is -0.467 e. The van der Waals surface area contributed by atoms with Gasteiger partial charge in [-0.2, -0.15) is 0 Å². The van der Waals surface area contributed by atoms with Crippen molar-refractivity contribution >= 4 is 17.8 Å². The lowest BCUT2D eigenvalue weighted by atomic mass is 9.92. The van der Waals surface area contributed by atoms with Crippen LogP contribution < -0.4 is 20.1 Å². The summed E-state index contributed by atoms with van der Waals surface area (Å²) in [6, 6.07) is 8.20. The van der Waals surface area contributed by atoms with Crippen LogP contribution in [0.25, 0.3) is 0 Å². The molecule has 1 aromatic heterocycles. The molecule has 2 N–H and O–H groups in total. The Labute approximate surface area is 160 Å². The van der Waals surface area contributed by atoms with Crippen LogP contribution in [0.1, 0.15) is 18.2 Å². The first-order valence-corrected chi connectivity index (χ1v) is 8.76. The van der Waals surface area contributed by atoms with Gasteiger partial charge in [-0.05, 0) is 36.8 Å². The molecular formula is C19H19N3O6. The number of carbonyl (C=O) groups is 3. The molecule has 4 amide bonds. The highest BCUT2D eigenvalue weighted by Crippen LogP contribution is 2.34. The second-order valence-corrected chi connectivity index (χ2v) is 6.87. The summed E-state index contributed by atoms with van der Waals surface area (Å²) >= 11 is 0. The van der Waals surface area contributed by atoms with E-state index in [0.717, 1.165) is 10.5 Å². The fourth-order valence-corrected chi connectivity index (χ4v) is 3.27. The number of benzene rings is 1. The smallest absolute Gasteiger partial charge is 0.325 e. The van der Waals surface area contributed by atoms with Crippen molar-refractivity contribution in [1.29, 1.82) is 0 Å². The zero-order chi connectivity index (χ0) is 19.7. The molecule has 0 aliphatic carbocycles. The van der Waals surface area contributed by atoms with Crippen molar-refractivity contribution in [2.45, 2.75) is 25.4 Å². The van der Waals surface area contributed by atoms with E-state index in [0.29, 0.717) is 17.3 Å². The molecule has 1 aromatic carbocycles. The van der Waals surface area contributed by atoms with E-state index >= 15 is 0 Å². The van der Waals surface area contributed by atoms with Gasteiger partial charge in [0.15, 0.2) is 11.5 Å². The van der Waals surface area contributed by atoms with Crippen LogP contribution in [0.5, 0.6) is 11.5 Å². The average molecular weight is 385 g/mol. The second kappa shape index (κ2) is 6.91. The molecule has 1 fully saturated rings. The van der Waals surface area contributed by atoms with Gasteiger partial charge in [0.05, 0.1) is 12.8 Å². The summed E-state index contributed by atoms with van der Waals surface area (Å²) in [5, 5.41) is 5.31. The molecule has 4 rings (SSSR count). The molecular weight excluding hydrogens is 366 g/mol. The molecule has 3 heterocycles. The van der Waals surface area contributed by atoms with Crippen LogP contribution in [0.15, 0.2) is 41.0 Å². The van der Waals surface area contributed by atoms with Gasteiger partial charge in [-0.1, -0.05) is 6.07 Å². The van der Waals surface area contributed by atoms with Gasteiger partial charge >= 0.3 is 6.03 Å². The van der Waals surface area contributed by atoms with Gasteiger partial charge in [-0.3, -0.25) is 14.5 Å². The molecule has 28 heavy (non-hydrogen) atoms. The quantitative estimate of drug-likeness (QED) is 0.723. The van der Waals surface area contributed by atoms with Crippen LogP contribution in [-0.4, -0.2) is 41.6 Å². The topological polar surface area (TPSA) is 110 Å². The van der Waals surface area contributed by atoms with Gasteiger partial charge in [0.1, 0.15) is 17.8 Å². The molecule has 1 atom stereocenters. The highest BCUT2D eigenvalue weighted by Gasteiger charge is 2.48. The van der Waals surface area contributed by atoms with Crippen LogP contribution in [0, 0.1) is 0 Å². The summed E-state index contributed by atoms with van der Waals surface area (Å²) in [5.41, 5.74) is -0.337. The highest BCUT2D eigenvalue weighted by molar-refractivity contribution is 6.08. The number of hydrogen-bond acceptors (Lipinski definition) is 6. The lowest BCUT2D eigenvalue weighted by Crippen LogP contribution is -2.46. The Morgan fingerprint density at radius 2 is 2.07 bits per heavy atom. The lowest BCUT2D eigenvalue weighted by molar-refractivity contribution is -0.134. The molecule has 146 valence electrons. The molecule has 2 aliphatic heterocycles. The van der Waals surface area contributed by atoms with Crippen molar-refractivity contribution in [3.05, 3.63) is 47.9 Å². The summed E-state index contributed by atoms with van der Waals surface area (Å²) in [6.45, 7) is 1.62. The first-order chi connectivity index (χ1) is 13.4. The lowest BCUT2D eigenvalue weighted by Gasteiger charge is -2.21. The van der Waals surface area contributed by atoms with E-state index in [9.17, 15) is 14.4 Å². The summed E-state index contributed by atoms with van der Waals surface area (Å²) in [4.78, 5) is 38.2. The monoisotopic (exact) mass is 385 g/mol. The van der Waals surface area contributed by atoms with Crippen molar-refractivity contribution in [2.24, 2.45) is 0 Å². The highest BCUT2D eigenvalue weighted by atomic mass is 16.7. The Morgan fingerprint density at radius 3 is 2.86 bits per heavy atom. The number of nitrogens with one attached hydrogen (secondary N) is 2. The van der Waals surface area contributed by atoms with Crippen LogP contribution >= 0.6 is 0 Å². The number of ether oxygens (including phenoxy) is 2. The Morgan fingerprint density at radius 1 is 1.25 bits per heavy atom. The number of amides is 4. The van der Waals surface area contributed by atoms with E-state index in [1.165, 1.54) is 6.26 Å². The number of urea groups is 1. The third-order valence-electron chi connectivity index (χ3n) is 4.68. The zero-order valence-corrected chi connectivity index (χ0v) is 15.2. The maximum absolute atomic E-state index is 12.8. The standard InChI is InChI=1S/C19H19N3O6/c1-19(8-12-4-5-14-15(7-12)28-11-27-14)17(24)22(18(25)21-19)10-16(23)20-9-13-3-2-6-26-13/h2-7H,8-11H2,1H3,(H,20,23)(H,21,25). The molecule has 2 aliphatic rings. The van der Waals surface area contributed by atoms with Crippen molar-refractivity contribution in [3.63, 3.8) is 0 Å². The molecule has 0 bridgehead atoms. The summed E-state index contributed by atoms with van der Waals surface area (Å²) < 4.78 is 15.8. The van der Waals surface area contributed by atoms with E-state index in [1.807, 2.05) is 6.07 Å². The van der Waals surface area contributed by atoms with Gasteiger partial charge in [0.25, 0.3) is 5.91 Å². The predicted molar refractivity (Wildman–Crippen MR) is 95.5 cm³/mol. The van der Waals surface area contributed by atoms with Gasteiger partial charge in [-0.15, -0.1) is 0 Å². The van der Waals surface area contributed by atoms with Crippen LogP contribution in [0.3, 0.4) is 0 Å². The van der Waals surface area contributed by atoms with Gasteiger partial charge in [-0.25, -0.2) is 4.79 Å². The molecule has 0 spiro atoms. The Bertz CT molecular complexity index is 926. The summed E-state index contributed by atoms with van der Waals surface area (Å²) in [5.74, 6) is 0.923. The van der Waals surface area contributed by atoms with E-state index in [1.54, 1.807) is 31.2 Å². The van der Waals surface area contributed by atoms with E-state index in [2.05, 4.69) is 10.6 Å². The largest absolute Gasteiger partial charge is 0.467 e. The van der Waals surface area contributed by atoms with E-state index in [-0.39, 0.29) is 26.3 Å². The second-order valence-electron chi connectivity index (χ2n) is 6.87. The number of imide groups is 1. The van der Waals surface area contributed by atoms with Crippen molar-refractivity contribution in [3.8, 4) is 11.5 Å².